The van der Waals surface area contributed by atoms with E-state index in [0.29, 0.717) is 12.8 Å². The summed E-state index contributed by atoms with van der Waals surface area (Å²) in [6, 6.07) is 10.6. The summed E-state index contributed by atoms with van der Waals surface area (Å²) < 4.78 is 0. The molecule has 4 N–H and O–H groups in total. The van der Waals surface area contributed by atoms with Gasteiger partial charge in [-0.05, 0) is 58.1 Å². The molecule has 0 radical (unpaired) electrons. The van der Waals surface area contributed by atoms with Crippen LogP contribution >= 0.6 is 0 Å². The third kappa shape index (κ3) is 13.4. The molecule has 0 amide bonds. The minimum Gasteiger partial charge on any atom is -0.508 e. The van der Waals surface area contributed by atoms with Crippen molar-refractivity contribution in [2.75, 3.05) is 0 Å². The molecule has 0 aliphatic carbocycles. The molecule has 200 valence electrons. The van der Waals surface area contributed by atoms with E-state index in [1.807, 2.05) is 53.7 Å². The fourth-order valence-corrected chi connectivity index (χ4v) is 3.18. The Bertz CT molecular complexity index is 885. The van der Waals surface area contributed by atoms with Crippen LogP contribution in [0.2, 0.25) is 0 Å². The van der Waals surface area contributed by atoms with E-state index in [1.54, 1.807) is 24.3 Å². The largest absolute Gasteiger partial charge is 0.508 e. The zero-order valence-electron chi connectivity index (χ0n) is 22.7. The van der Waals surface area contributed by atoms with Crippen LogP contribution in [-0.4, -0.2) is 32.4 Å². The second kappa shape index (κ2) is 16.2. The Morgan fingerprint density at radius 3 is 1.14 bits per heavy atom. The number of phenols is 2. The monoisotopic (exact) mass is 500 g/mol. The van der Waals surface area contributed by atoms with Crippen LogP contribution in [0.3, 0.4) is 0 Å². The number of carbonyl (C=O) groups is 2. The minimum atomic E-state index is -0.801. The van der Waals surface area contributed by atoms with Crippen molar-refractivity contribution in [2.45, 2.75) is 78.1 Å². The van der Waals surface area contributed by atoms with Gasteiger partial charge in [0.2, 0.25) is 0 Å². The molecule has 2 rings (SSSR count). The molecule has 0 atom stereocenters. The van der Waals surface area contributed by atoms with Crippen molar-refractivity contribution in [3.05, 3.63) is 85.0 Å². The number of phenolic OH excluding ortho intramolecular Hbond substituents is 2. The number of benzene rings is 2. The van der Waals surface area contributed by atoms with Gasteiger partial charge in [-0.25, -0.2) is 0 Å². The smallest absolute Gasteiger partial charge is 0.303 e. The van der Waals surface area contributed by atoms with Crippen molar-refractivity contribution in [2.24, 2.45) is 0 Å². The molecule has 2 aromatic rings. The lowest BCUT2D eigenvalue weighted by atomic mass is 9.85. The number of carboxylic acids is 2. The van der Waals surface area contributed by atoms with E-state index in [-0.39, 0.29) is 35.2 Å². The molecule has 0 aliphatic heterocycles. The van der Waals surface area contributed by atoms with Crippen molar-refractivity contribution in [1.82, 2.24) is 0 Å². The molecule has 0 bridgehead atoms. The highest BCUT2D eigenvalue weighted by atomic mass is 16.4. The molecule has 0 aliphatic rings. The SMILES string of the molecule is C=C.C=C.CC(C)(C)c1cc(CCC(=O)O)ccc1O.CC(C)(C)c1cc(CCC(=O)O)ccc1O. The molecule has 0 spiro atoms. The van der Waals surface area contributed by atoms with Gasteiger partial charge < -0.3 is 20.4 Å². The number of hydrogen-bond acceptors (Lipinski definition) is 4. The predicted molar refractivity (Wildman–Crippen MR) is 148 cm³/mol. The molecule has 36 heavy (non-hydrogen) atoms. The van der Waals surface area contributed by atoms with E-state index >= 15 is 0 Å². The minimum absolute atomic E-state index is 0.119. The first kappa shape index (κ1) is 34.6. The summed E-state index contributed by atoms with van der Waals surface area (Å²) in [4.78, 5) is 20.9. The maximum atomic E-state index is 10.5. The second-order valence-corrected chi connectivity index (χ2v) is 9.99. The zero-order chi connectivity index (χ0) is 28.7. The highest BCUT2D eigenvalue weighted by Crippen LogP contribution is 2.32. The average Bonchev–Trinajstić information content (AvgIpc) is 2.79. The summed E-state index contributed by atoms with van der Waals surface area (Å²) in [5.41, 5.74) is 3.34. The van der Waals surface area contributed by atoms with Gasteiger partial charge in [0.15, 0.2) is 0 Å². The normalized spacial score (nSPS) is 10.4. The van der Waals surface area contributed by atoms with Crippen LogP contribution in [0.15, 0.2) is 62.7 Å². The summed E-state index contributed by atoms with van der Waals surface area (Å²) in [7, 11) is 0. The lowest BCUT2D eigenvalue weighted by molar-refractivity contribution is -0.138. The fourth-order valence-electron chi connectivity index (χ4n) is 3.18. The van der Waals surface area contributed by atoms with Crippen molar-refractivity contribution < 1.29 is 30.0 Å². The van der Waals surface area contributed by atoms with Crippen molar-refractivity contribution in [3.63, 3.8) is 0 Å². The summed E-state index contributed by atoms with van der Waals surface area (Å²) in [6.45, 7) is 24.1. The highest BCUT2D eigenvalue weighted by molar-refractivity contribution is 5.67. The lowest BCUT2D eigenvalue weighted by Gasteiger charge is -2.21. The number of rotatable bonds is 6. The standard InChI is InChI=1S/2C13H18O3.2C2H4/c2*1-13(2,3)10-8-9(4-6-11(10)14)5-7-12(15)16;2*1-2/h2*4,6,8,14H,5,7H2,1-3H3,(H,15,16);2*1-2H2. The van der Waals surface area contributed by atoms with E-state index in [1.165, 1.54) is 0 Å². The molecule has 2 aromatic carbocycles. The maximum Gasteiger partial charge on any atom is 0.303 e. The molecule has 0 saturated carbocycles. The number of aryl methyl sites for hydroxylation is 2. The quantitative estimate of drug-likeness (QED) is 0.317. The van der Waals surface area contributed by atoms with Crippen LogP contribution in [0.1, 0.15) is 76.6 Å². The Labute approximate surface area is 216 Å². The van der Waals surface area contributed by atoms with Gasteiger partial charge in [-0.1, -0.05) is 65.8 Å². The lowest BCUT2D eigenvalue weighted by Crippen LogP contribution is -2.12. The summed E-state index contributed by atoms with van der Waals surface area (Å²) >= 11 is 0. The van der Waals surface area contributed by atoms with Gasteiger partial charge in [0.25, 0.3) is 0 Å². The molecule has 0 unspecified atom stereocenters. The average molecular weight is 501 g/mol. The third-order valence-corrected chi connectivity index (χ3v) is 4.99. The van der Waals surface area contributed by atoms with Crippen LogP contribution in [0.4, 0.5) is 0 Å². The molecular formula is C30H44O6. The van der Waals surface area contributed by atoms with Gasteiger partial charge in [0, 0.05) is 12.8 Å². The molecule has 0 saturated heterocycles. The summed E-state index contributed by atoms with van der Waals surface area (Å²) in [6.07, 6.45) is 1.24. The Balaban J connectivity index is 0. The zero-order valence-corrected chi connectivity index (χ0v) is 22.7. The topological polar surface area (TPSA) is 115 Å². The van der Waals surface area contributed by atoms with Gasteiger partial charge in [-0.3, -0.25) is 9.59 Å². The Hall–Kier alpha value is -3.54. The molecule has 0 fully saturated rings. The molecular weight excluding hydrogens is 456 g/mol. The van der Waals surface area contributed by atoms with Crippen LogP contribution < -0.4 is 0 Å². The second-order valence-electron chi connectivity index (χ2n) is 9.99. The molecule has 0 aromatic heterocycles. The van der Waals surface area contributed by atoms with Crippen LogP contribution in [0.25, 0.3) is 0 Å². The maximum absolute atomic E-state index is 10.5. The van der Waals surface area contributed by atoms with E-state index in [2.05, 4.69) is 26.3 Å². The molecule has 6 heteroatoms. The van der Waals surface area contributed by atoms with Crippen LogP contribution in [0.5, 0.6) is 11.5 Å². The first-order valence-corrected chi connectivity index (χ1v) is 11.7. The first-order chi connectivity index (χ1) is 16.6. The number of carboxylic acid groups (broad SMARTS) is 2. The van der Waals surface area contributed by atoms with Crippen molar-refractivity contribution >= 4 is 11.9 Å². The van der Waals surface area contributed by atoms with Gasteiger partial charge in [0.05, 0.1) is 0 Å². The Kier molecular flexibility index (Phi) is 15.6. The number of hydrogen-bond donors (Lipinski definition) is 4. The summed E-state index contributed by atoms with van der Waals surface area (Å²) in [5.74, 6) is -1.06. The number of aliphatic carboxylic acids is 2. The van der Waals surface area contributed by atoms with Gasteiger partial charge in [-0.15, -0.1) is 26.3 Å². The number of aromatic hydroxyl groups is 2. The molecule has 6 nitrogen and oxygen atoms in total. The van der Waals surface area contributed by atoms with E-state index in [4.69, 9.17) is 10.2 Å². The van der Waals surface area contributed by atoms with Gasteiger partial charge in [-0.2, -0.15) is 0 Å². The van der Waals surface area contributed by atoms with E-state index in [9.17, 15) is 19.8 Å². The highest BCUT2D eigenvalue weighted by Gasteiger charge is 2.19. The van der Waals surface area contributed by atoms with Crippen molar-refractivity contribution in [3.8, 4) is 11.5 Å². The van der Waals surface area contributed by atoms with Crippen LogP contribution in [0, 0.1) is 0 Å². The Morgan fingerprint density at radius 2 is 0.917 bits per heavy atom. The van der Waals surface area contributed by atoms with Crippen molar-refractivity contribution in [1.29, 1.82) is 0 Å². The summed E-state index contributed by atoms with van der Waals surface area (Å²) in [5, 5.41) is 36.7. The van der Waals surface area contributed by atoms with Gasteiger partial charge >= 0.3 is 11.9 Å². The fraction of sp³-hybridized carbons (Fsp3) is 0.400. The Morgan fingerprint density at radius 1 is 0.639 bits per heavy atom. The van der Waals surface area contributed by atoms with Gasteiger partial charge in [0.1, 0.15) is 11.5 Å². The molecule has 0 heterocycles. The third-order valence-electron chi connectivity index (χ3n) is 4.99. The van der Waals surface area contributed by atoms with E-state index < -0.39 is 11.9 Å². The van der Waals surface area contributed by atoms with E-state index in [0.717, 1.165) is 22.3 Å². The predicted octanol–water partition coefficient (Wildman–Crippen LogP) is 7.02. The van der Waals surface area contributed by atoms with Crippen LogP contribution in [-0.2, 0) is 33.3 Å². The first-order valence-electron chi connectivity index (χ1n) is 11.7.